The van der Waals surface area contributed by atoms with Crippen molar-refractivity contribution >= 4 is 17.3 Å². The molecule has 0 saturated carbocycles. The van der Waals surface area contributed by atoms with E-state index in [0.29, 0.717) is 5.56 Å². The van der Waals surface area contributed by atoms with E-state index >= 15 is 0 Å². The monoisotopic (exact) mass is 331 g/mol. The second kappa shape index (κ2) is 6.28. The number of hydrogen-bond acceptors (Lipinski definition) is 4. The molecular weight excluding hydrogens is 314 g/mol. The van der Waals surface area contributed by atoms with Crippen molar-refractivity contribution in [3.8, 4) is 5.75 Å². The summed E-state index contributed by atoms with van der Waals surface area (Å²) in [6.07, 6.45) is 1.35. The number of amides is 1. The molecule has 1 aliphatic rings. The Labute approximate surface area is 145 Å². The summed E-state index contributed by atoms with van der Waals surface area (Å²) in [5.41, 5.74) is 3.02. The van der Waals surface area contributed by atoms with Crippen molar-refractivity contribution in [1.82, 2.24) is 4.98 Å². The molecule has 0 fully saturated rings. The van der Waals surface area contributed by atoms with Crippen LogP contribution < -0.4 is 15.0 Å². The molecule has 2 aromatic carbocycles. The number of ether oxygens (including phenoxy) is 1. The Hall–Kier alpha value is -3.34. The summed E-state index contributed by atoms with van der Waals surface area (Å²) in [5.74, 6) is 0.686. The maximum Gasteiger partial charge on any atom is 0.262 e. The van der Waals surface area contributed by atoms with Gasteiger partial charge in [-0.25, -0.2) is 0 Å². The molecular formula is C20H17N3O2. The second-order valence-corrected chi connectivity index (χ2v) is 5.72. The Morgan fingerprint density at radius 3 is 2.48 bits per heavy atom. The molecule has 1 atom stereocenters. The van der Waals surface area contributed by atoms with Gasteiger partial charge in [-0.05, 0) is 48.5 Å². The number of methoxy groups -OCH3 is 1. The number of benzene rings is 2. The summed E-state index contributed by atoms with van der Waals surface area (Å²) in [6, 6.07) is 20.7. The minimum atomic E-state index is -0.378. The van der Waals surface area contributed by atoms with E-state index in [0.717, 1.165) is 22.8 Å². The average Bonchev–Trinajstić information content (AvgIpc) is 2.69. The van der Waals surface area contributed by atoms with Crippen molar-refractivity contribution in [2.45, 2.75) is 6.17 Å². The van der Waals surface area contributed by atoms with E-state index < -0.39 is 0 Å². The highest BCUT2D eigenvalue weighted by Gasteiger charge is 2.34. The van der Waals surface area contributed by atoms with Crippen molar-refractivity contribution in [2.24, 2.45) is 0 Å². The van der Waals surface area contributed by atoms with Gasteiger partial charge >= 0.3 is 0 Å². The molecule has 1 amide bonds. The normalized spacial score (nSPS) is 16.1. The maximum absolute atomic E-state index is 13.2. The molecule has 0 aliphatic carbocycles. The highest BCUT2D eigenvalue weighted by molar-refractivity contribution is 6.12. The summed E-state index contributed by atoms with van der Waals surface area (Å²) in [7, 11) is 1.62. The van der Waals surface area contributed by atoms with Crippen molar-refractivity contribution in [2.75, 3.05) is 17.3 Å². The van der Waals surface area contributed by atoms with Gasteiger partial charge in [0.15, 0.2) is 6.17 Å². The van der Waals surface area contributed by atoms with Gasteiger partial charge in [-0.1, -0.05) is 18.2 Å². The number of nitrogens with zero attached hydrogens (tertiary/aromatic N) is 2. The molecule has 0 spiro atoms. The fraction of sp³-hybridized carbons (Fsp3) is 0.100. The third kappa shape index (κ3) is 2.70. The molecule has 1 aromatic heterocycles. The number of para-hydroxylation sites is 1. The number of carbonyl (C=O) groups is 1. The first-order valence-electron chi connectivity index (χ1n) is 8.02. The van der Waals surface area contributed by atoms with Crippen LogP contribution in [0, 0.1) is 0 Å². The molecule has 0 bridgehead atoms. The van der Waals surface area contributed by atoms with Crippen molar-refractivity contribution < 1.29 is 9.53 Å². The van der Waals surface area contributed by atoms with Crippen molar-refractivity contribution in [1.29, 1.82) is 0 Å². The topological polar surface area (TPSA) is 54.5 Å². The van der Waals surface area contributed by atoms with E-state index in [-0.39, 0.29) is 12.1 Å². The zero-order valence-electron chi connectivity index (χ0n) is 13.7. The van der Waals surface area contributed by atoms with Crippen LogP contribution in [0.1, 0.15) is 22.2 Å². The van der Waals surface area contributed by atoms with Crippen LogP contribution in [0.15, 0.2) is 72.9 Å². The molecule has 2 heterocycles. The van der Waals surface area contributed by atoms with Crippen molar-refractivity contribution in [3.63, 3.8) is 0 Å². The Balaban J connectivity index is 1.83. The van der Waals surface area contributed by atoms with E-state index in [1.165, 1.54) is 0 Å². The molecule has 5 nitrogen and oxygen atoms in total. The molecule has 4 rings (SSSR count). The first kappa shape index (κ1) is 15.2. The van der Waals surface area contributed by atoms with Crippen LogP contribution in [0.25, 0.3) is 0 Å². The Morgan fingerprint density at radius 2 is 1.76 bits per heavy atom. The lowest BCUT2D eigenvalue weighted by Crippen LogP contribution is -2.43. The fourth-order valence-electron chi connectivity index (χ4n) is 3.01. The second-order valence-electron chi connectivity index (χ2n) is 5.72. The maximum atomic E-state index is 13.2. The zero-order chi connectivity index (χ0) is 17.2. The fourth-order valence-corrected chi connectivity index (χ4v) is 3.01. The van der Waals surface area contributed by atoms with Gasteiger partial charge in [0.1, 0.15) is 5.75 Å². The highest BCUT2D eigenvalue weighted by atomic mass is 16.5. The number of rotatable bonds is 3. The summed E-state index contributed by atoms with van der Waals surface area (Å²) in [5, 5.41) is 3.43. The van der Waals surface area contributed by atoms with Crippen molar-refractivity contribution in [3.05, 3.63) is 84.2 Å². The van der Waals surface area contributed by atoms with Crippen LogP contribution in [-0.2, 0) is 0 Å². The molecule has 3 aromatic rings. The van der Waals surface area contributed by atoms with Gasteiger partial charge in [0.2, 0.25) is 0 Å². The quantitative estimate of drug-likeness (QED) is 0.792. The van der Waals surface area contributed by atoms with Crippen LogP contribution in [-0.4, -0.2) is 18.0 Å². The van der Waals surface area contributed by atoms with Gasteiger partial charge in [-0.3, -0.25) is 14.7 Å². The lowest BCUT2D eigenvalue weighted by Gasteiger charge is -2.37. The third-order valence-electron chi connectivity index (χ3n) is 4.25. The molecule has 0 unspecified atom stereocenters. The van der Waals surface area contributed by atoms with Gasteiger partial charge in [-0.15, -0.1) is 0 Å². The number of anilines is 2. The van der Waals surface area contributed by atoms with Crippen LogP contribution in [0.5, 0.6) is 5.75 Å². The predicted octanol–water partition coefficient (Wildman–Crippen LogP) is 3.86. The van der Waals surface area contributed by atoms with Gasteiger partial charge in [0.05, 0.1) is 18.4 Å². The number of hydrogen-bond donors (Lipinski definition) is 1. The molecule has 124 valence electrons. The minimum Gasteiger partial charge on any atom is -0.497 e. The summed E-state index contributed by atoms with van der Waals surface area (Å²) < 4.78 is 5.22. The van der Waals surface area contributed by atoms with Crippen LogP contribution >= 0.6 is 0 Å². The van der Waals surface area contributed by atoms with E-state index in [2.05, 4.69) is 10.3 Å². The zero-order valence-corrected chi connectivity index (χ0v) is 13.7. The first-order valence-corrected chi connectivity index (χ1v) is 8.02. The van der Waals surface area contributed by atoms with Gasteiger partial charge in [-0.2, -0.15) is 0 Å². The Morgan fingerprint density at radius 1 is 1.00 bits per heavy atom. The van der Waals surface area contributed by atoms with Gasteiger partial charge in [0.25, 0.3) is 5.91 Å². The van der Waals surface area contributed by atoms with E-state index in [1.54, 1.807) is 18.2 Å². The van der Waals surface area contributed by atoms with E-state index in [1.807, 2.05) is 66.7 Å². The number of carbonyl (C=O) groups excluding carboxylic acids is 1. The van der Waals surface area contributed by atoms with Crippen LogP contribution in [0.2, 0.25) is 0 Å². The molecule has 25 heavy (non-hydrogen) atoms. The Bertz CT molecular complexity index is 894. The molecule has 1 N–H and O–H groups in total. The van der Waals surface area contributed by atoms with Crippen LogP contribution in [0.4, 0.5) is 11.4 Å². The van der Waals surface area contributed by atoms with E-state index in [4.69, 9.17) is 4.74 Å². The van der Waals surface area contributed by atoms with E-state index in [9.17, 15) is 4.79 Å². The number of nitrogens with one attached hydrogen (secondary N) is 1. The standard InChI is InChI=1S/C20H17N3O2/c1-25-15-11-9-14(10-12-15)23-19(18-8-4-5-13-21-18)22-17-7-3-2-6-16(17)20(23)24/h2-13,19,22H,1H3/t19-/m0/s1. The molecule has 0 radical (unpaired) electrons. The first-order chi connectivity index (χ1) is 12.3. The van der Waals surface area contributed by atoms with Gasteiger partial charge < -0.3 is 10.1 Å². The largest absolute Gasteiger partial charge is 0.497 e. The lowest BCUT2D eigenvalue weighted by molar-refractivity contribution is 0.0974. The predicted molar refractivity (Wildman–Crippen MR) is 96.8 cm³/mol. The summed E-state index contributed by atoms with van der Waals surface area (Å²) in [6.45, 7) is 0. The molecule has 1 aliphatic heterocycles. The van der Waals surface area contributed by atoms with Crippen LogP contribution in [0.3, 0.4) is 0 Å². The average molecular weight is 331 g/mol. The number of fused-ring (bicyclic) bond motifs is 1. The summed E-state index contributed by atoms with van der Waals surface area (Å²) >= 11 is 0. The van der Waals surface area contributed by atoms with Gasteiger partial charge in [0, 0.05) is 17.6 Å². The highest BCUT2D eigenvalue weighted by Crippen LogP contribution is 2.36. The lowest BCUT2D eigenvalue weighted by atomic mass is 10.0. The molecule has 0 saturated heterocycles. The minimum absolute atomic E-state index is 0.0600. The number of aromatic nitrogens is 1. The SMILES string of the molecule is COc1ccc(N2C(=O)c3ccccc3N[C@@H]2c2ccccn2)cc1. The summed E-state index contributed by atoms with van der Waals surface area (Å²) in [4.78, 5) is 19.3. The Kier molecular flexibility index (Phi) is 3.82. The molecule has 5 heteroatoms. The smallest absolute Gasteiger partial charge is 0.262 e. The number of pyridine rings is 1. The third-order valence-corrected chi connectivity index (χ3v) is 4.25.